The first-order valence-electron chi connectivity index (χ1n) is 7.67. The SMILES string of the molecule is CC(NC(=O)Cc1ccccc1)c1ncc(-c2ccc(F)cc2)o1. The van der Waals surface area contributed by atoms with E-state index in [4.69, 9.17) is 4.42 Å². The van der Waals surface area contributed by atoms with Crippen LogP contribution < -0.4 is 5.32 Å². The summed E-state index contributed by atoms with van der Waals surface area (Å²) in [6.07, 6.45) is 1.87. The van der Waals surface area contributed by atoms with Crippen LogP contribution in [0.5, 0.6) is 0 Å². The van der Waals surface area contributed by atoms with Crippen molar-refractivity contribution in [2.75, 3.05) is 0 Å². The highest BCUT2D eigenvalue weighted by molar-refractivity contribution is 5.78. The number of nitrogens with zero attached hydrogens (tertiary/aromatic N) is 1. The van der Waals surface area contributed by atoms with Gasteiger partial charge in [0.1, 0.15) is 11.9 Å². The summed E-state index contributed by atoms with van der Waals surface area (Å²) in [6.45, 7) is 1.81. The van der Waals surface area contributed by atoms with Gasteiger partial charge in [0.2, 0.25) is 11.8 Å². The lowest BCUT2D eigenvalue weighted by atomic mass is 10.1. The lowest BCUT2D eigenvalue weighted by Crippen LogP contribution is -2.28. The van der Waals surface area contributed by atoms with E-state index >= 15 is 0 Å². The van der Waals surface area contributed by atoms with E-state index in [1.165, 1.54) is 12.1 Å². The van der Waals surface area contributed by atoms with E-state index < -0.39 is 0 Å². The van der Waals surface area contributed by atoms with Gasteiger partial charge in [-0.2, -0.15) is 0 Å². The van der Waals surface area contributed by atoms with Gasteiger partial charge in [0, 0.05) is 5.56 Å². The first-order valence-corrected chi connectivity index (χ1v) is 7.67. The topological polar surface area (TPSA) is 55.1 Å². The first kappa shape index (κ1) is 15.9. The van der Waals surface area contributed by atoms with Crippen LogP contribution in [0.4, 0.5) is 4.39 Å². The third-order valence-electron chi connectivity index (χ3n) is 3.61. The highest BCUT2D eigenvalue weighted by Gasteiger charge is 2.16. The summed E-state index contributed by atoms with van der Waals surface area (Å²) in [5.74, 6) is 0.542. The number of hydrogen-bond acceptors (Lipinski definition) is 3. The lowest BCUT2D eigenvalue weighted by Gasteiger charge is -2.10. The predicted octanol–water partition coefficient (Wildman–Crippen LogP) is 3.90. The molecule has 0 saturated heterocycles. The predicted molar refractivity (Wildman–Crippen MR) is 88.6 cm³/mol. The summed E-state index contributed by atoms with van der Waals surface area (Å²) in [7, 11) is 0. The fourth-order valence-corrected chi connectivity index (χ4v) is 2.37. The van der Waals surface area contributed by atoms with Gasteiger partial charge in [-0.3, -0.25) is 4.79 Å². The zero-order valence-corrected chi connectivity index (χ0v) is 13.2. The molecule has 0 fully saturated rings. The van der Waals surface area contributed by atoms with Gasteiger partial charge in [-0.05, 0) is 36.8 Å². The second kappa shape index (κ2) is 7.08. The lowest BCUT2D eigenvalue weighted by molar-refractivity contribution is -0.121. The Hall–Kier alpha value is -2.95. The molecule has 0 radical (unpaired) electrons. The highest BCUT2D eigenvalue weighted by Crippen LogP contribution is 2.23. The maximum absolute atomic E-state index is 13.0. The average molecular weight is 324 g/mol. The summed E-state index contributed by atoms with van der Waals surface area (Å²) in [5, 5.41) is 2.86. The van der Waals surface area contributed by atoms with Crippen LogP contribution >= 0.6 is 0 Å². The van der Waals surface area contributed by atoms with Gasteiger partial charge in [-0.15, -0.1) is 0 Å². The number of hydrogen-bond donors (Lipinski definition) is 1. The van der Waals surface area contributed by atoms with Crippen LogP contribution in [0.2, 0.25) is 0 Å². The summed E-state index contributed by atoms with van der Waals surface area (Å²) in [4.78, 5) is 16.3. The Balaban J connectivity index is 1.64. The molecule has 24 heavy (non-hydrogen) atoms. The third kappa shape index (κ3) is 3.87. The number of aromatic nitrogens is 1. The molecule has 0 saturated carbocycles. The van der Waals surface area contributed by atoms with E-state index in [1.54, 1.807) is 18.3 Å². The van der Waals surface area contributed by atoms with Crippen molar-refractivity contribution in [2.45, 2.75) is 19.4 Å². The highest BCUT2D eigenvalue weighted by atomic mass is 19.1. The first-order chi connectivity index (χ1) is 11.6. The molecule has 1 aromatic heterocycles. The third-order valence-corrected chi connectivity index (χ3v) is 3.61. The van der Waals surface area contributed by atoms with E-state index in [0.29, 0.717) is 18.1 Å². The van der Waals surface area contributed by atoms with Crippen molar-refractivity contribution in [1.82, 2.24) is 10.3 Å². The van der Waals surface area contributed by atoms with Crippen molar-refractivity contribution < 1.29 is 13.6 Å². The number of amides is 1. The van der Waals surface area contributed by atoms with Crippen molar-refractivity contribution >= 4 is 5.91 Å². The van der Waals surface area contributed by atoms with Crippen LogP contribution in [0.1, 0.15) is 24.4 Å². The second-order valence-electron chi connectivity index (χ2n) is 5.52. The summed E-state index contributed by atoms with van der Waals surface area (Å²) in [6, 6.07) is 15.1. The van der Waals surface area contributed by atoms with Crippen LogP contribution in [0, 0.1) is 5.82 Å². The Kier molecular flexibility index (Phi) is 4.70. The van der Waals surface area contributed by atoms with Crippen molar-refractivity contribution in [3.63, 3.8) is 0 Å². The molecule has 0 aliphatic rings. The number of oxazole rings is 1. The Morgan fingerprint density at radius 1 is 1.17 bits per heavy atom. The second-order valence-corrected chi connectivity index (χ2v) is 5.52. The summed E-state index contributed by atoms with van der Waals surface area (Å²) >= 11 is 0. The molecule has 3 aromatic rings. The zero-order valence-electron chi connectivity index (χ0n) is 13.2. The Morgan fingerprint density at radius 2 is 1.88 bits per heavy atom. The van der Waals surface area contributed by atoms with Crippen LogP contribution in [0.3, 0.4) is 0 Å². The molecular formula is C19H17FN2O2. The molecule has 4 nitrogen and oxygen atoms in total. The molecule has 122 valence electrons. The van der Waals surface area contributed by atoms with Crippen LogP contribution in [0.25, 0.3) is 11.3 Å². The van der Waals surface area contributed by atoms with Gasteiger partial charge in [0.15, 0.2) is 5.76 Å². The molecule has 5 heteroatoms. The molecule has 3 rings (SSSR count). The van der Waals surface area contributed by atoms with E-state index in [9.17, 15) is 9.18 Å². The van der Waals surface area contributed by atoms with Crippen molar-refractivity contribution in [1.29, 1.82) is 0 Å². The molecule has 0 aliphatic heterocycles. The molecule has 2 aromatic carbocycles. The van der Waals surface area contributed by atoms with Gasteiger partial charge in [0.05, 0.1) is 12.6 Å². The average Bonchev–Trinajstić information content (AvgIpc) is 3.06. The van der Waals surface area contributed by atoms with Crippen molar-refractivity contribution in [3.05, 3.63) is 78.1 Å². The number of nitrogens with one attached hydrogen (secondary N) is 1. The quantitative estimate of drug-likeness (QED) is 0.774. The van der Waals surface area contributed by atoms with E-state index in [2.05, 4.69) is 10.3 Å². The molecule has 0 bridgehead atoms. The maximum atomic E-state index is 13.0. The molecule has 1 amide bonds. The number of rotatable bonds is 5. The monoisotopic (exact) mass is 324 g/mol. The number of benzene rings is 2. The molecule has 1 heterocycles. The molecule has 1 N–H and O–H groups in total. The number of halogens is 1. The minimum atomic E-state index is -0.351. The van der Waals surface area contributed by atoms with Crippen molar-refractivity contribution in [3.8, 4) is 11.3 Å². The van der Waals surface area contributed by atoms with Gasteiger partial charge in [-0.1, -0.05) is 30.3 Å². The smallest absolute Gasteiger partial charge is 0.225 e. The minimum Gasteiger partial charge on any atom is -0.438 e. The van der Waals surface area contributed by atoms with Gasteiger partial charge < -0.3 is 9.73 Å². The van der Waals surface area contributed by atoms with Crippen LogP contribution in [-0.2, 0) is 11.2 Å². The Bertz CT molecular complexity index is 813. The number of carbonyl (C=O) groups is 1. The summed E-state index contributed by atoms with van der Waals surface area (Å²) in [5.41, 5.74) is 1.68. The number of carbonyl (C=O) groups excluding carboxylic acids is 1. The molecule has 0 aliphatic carbocycles. The standard InChI is InChI=1S/C19H17FN2O2/c1-13(22-18(23)11-14-5-3-2-4-6-14)19-21-12-17(24-19)15-7-9-16(20)10-8-15/h2-10,12-13H,11H2,1H3,(H,22,23). The largest absolute Gasteiger partial charge is 0.438 e. The van der Waals surface area contributed by atoms with Gasteiger partial charge >= 0.3 is 0 Å². The van der Waals surface area contributed by atoms with Crippen LogP contribution in [0.15, 0.2) is 65.2 Å². The molecule has 1 atom stereocenters. The Morgan fingerprint density at radius 3 is 2.58 bits per heavy atom. The molecular weight excluding hydrogens is 307 g/mol. The molecule has 0 spiro atoms. The zero-order chi connectivity index (χ0) is 16.9. The maximum Gasteiger partial charge on any atom is 0.225 e. The van der Waals surface area contributed by atoms with Crippen molar-refractivity contribution in [2.24, 2.45) is 0 Å². The summed E-state index contributed by atoms with van der Waals surface area (Å²) < 4.78 is 18.6. The Labute approximate surface area is 139 Å². The fourth-order valence-electron chi connectivity index (χ4n) is 2.37. The van der Waals surface area contributed by atoms with E-state index in [1.807, 2.05) is 37.3 Å². The molecule has 1 unspecified atom stereocenters. The normalized spacial score (nSPS) is 11.9. The minimum absolute atomic E-state index is 0.102. The van der Waals surface area contributed by atoms with E-state index in [-0.39, 0.29) is 17.8 Å². The van der Waals surface area contributed by atoms with Crippen LogP contribution in [-0.4, -0.2) is 10.9 Å². The fraction of sp³-hybridized carbons (Fsp3) is 0.158. The van der Waals surface area contributed by atoms with E-state index in [0.717, 1.165) is 11.1 Å². The van der Waals surface area contributed by atoms with Gasteiger partial charge in [-0.25, -0.2) is 9.37 Å². The van der Waals surface area contributed by atoms with Gasteiger partial charge in [0.25, 0.3) is 0 Å².